The second-order valence-corrected chi connectivity index (χ2v) is 9.45. The fourth-order valence-electron chi connectivity index (χ4n) is 4.45. The Bertz CT molecular complexity index is 1060. The zero-order valence-electron chi connectivity index (χ0n) is 22.4. The molecule has 0 aromatic heterocycles. The summed E-state index contributed by atoms with van der Waals surface area (Å²) in [6, 6.07) is 16.2. The minimum Gasteiger partial charge on any atom is -0.493 e. The number of nitrogens with zero attached hydrogens (tertiary/aromatic N) is 2. The number of amidine groups is 1. The monoisotopic (exact) mass is 492 g/mol. The summed E-state index contributed by atoms with van der Waals surface area (Å²) >= 11 is 0. The molecule has 0 saturated heterocycles. The number of carbonyl (C=O) groups is 2. The Morgan fingerprint density at radius 2 is 1.75 bits per heavy atom. The minimum absolute atomic E-state index is 0.129. The second kappa shape index (κ2) is 12.7. The Morgan fingerprint density at radius 3 is 2.39 bits per heavy atom. The van der Waals surface area contributed by atoms with Crippen LogP contribution in [-0.2, 0) is 20.9 Å². The Labute approximate surface area is 215 Å². The standard InChI is InChI=1S/C30H40N2O4/c1-6-10-14-27-31-30(7-2,8-3)29(34)32(27)20-23-15-17-24(18-16-23)25-12-11-13-26(19-25)36-21-22(5)28(33)35-9-4/h11-13,15-19,22H,6-10,14,20-21H2,1-5H3. The summed E-state index contributed by atoms with van der Waals surface area (Å²) in [5, 5.41) is 0. The number of esters is 1. The maximum Gasteiger partial charge on any atom is 0.312 e. The van der Waals surface area contributed by atoms with Gasteiger partial charge in [0.05, 0.1) is 19.1 Å². The molecule has 0 N–H and O–H groups in total. The highest BCUT2D eigenvalue weighted by Gasteiger charge is 2.45. The van der Waals surface area contributed by atoms with Gasteiger partial charge in [-0.1, -0.05) is 63.6 Å². The van der Waals surface area contributed by atoms with Crippen molar-refractivity contribution in [2.45, 2.75) is 78.8 Å². The van der Waals surface area contributed by atoms with Crippen LogP contribution in [0.4, 0.5) is 0 Å². The number of carbonyl (C=O) groups excluding carboxylic acids is 2. The van der Waals surface area contributed by atoms with E-state index in [1.165, 1.54) is 0 Å². The van der Waals surface area contributed by atoms with Gasteiger partial charge in [-0.25, -0.2) is 0 Å². The lowest BCUT2D eigenvalue weighted by Gasteiger charge is -2.24. The first kappa shape index (κ1) is 27.4. The fourth-order valence-corrected chi connectivity index (χ4v) is 4.45. The van der Waals surface area contributed by atoms with E-state index < -0.39 is 5.54 Å². The van der Waals surface area contributed by atoms with Crippen LogP contribution in [0.25, 0.3) is 11.1 Å². The number of hydrogen-bond donors (Lipinski definition) is 0. The second-order valence-electron chi connectivity index (χ2n) is 9.45. The van der Waals surface area contributed by atoms with E-state index in [-0.39, 0.29) is 24.4 Å². The van der Waals surface area contributed by atoms with Gasteiger partial charge >= 0.3 is 5.97 Å². The first-order valence-electron chi connectivity index (χ1n) is 13.3. The number of ether oxygens (including phenoxy) is 2. The van der Waals surface area contributed by atoms with Crippen molar-refractivity contribution < 1.29 is 19.1 Å². The Kier molecular flexibility index (Phi) is 9.68. The van der Waals surface area contributed by atoms with Crippen LogP contribution in [0.3, 0.4) is 0 Å². The molecule has 194 valence electrons. The van der Waals surface area contributed by atoms with Gasteiger partial charge in [0.1, 0.15) is 23.7 Å². The van der Waals surface area contributed by atoms with Crippen molar-refractivity contribution in [1.29, 1.82) is 0 Å². The molecule has 1 aliphatic rings. The lowest BCUT2D eigenvalue weighted by Crippen LogP contribution is -2.41. The maximum absolute atomic E-state index is 13.3. The van der Waals surface area contributed by atoms with Crippen LogP contribution in [0.15, 0.2) is 53.5 Å². The zero-order chi connectivity index (χ0) is 26.1. The topological polar surface area (TPSA) is 68.2 Å². The molecule has 0 spiro atoms. The molecule has 0 saturated carbocycles. The van der Waals surface area contributed by atoms with Crippen LogP contribution in [0, 0.1) is 5.92 Å². The molecule has 36 heavy (non-hydrogen) atoms. The third kappa shape index (κ3) is 6.34. The third-order valence-electron chi connectivity index (χ3n) is 6.87. The molecule has 1 aliphatic heterocycles. The molecule has 0 bridgehead atoms. The number of rotatable bonds is 13. The molecule has 6 nitrogen and oxygen atoms in total. The van der Waals surface area contributed by atoms with Crippen molar-refractivity contribution in [3.8, 4) is 16.9 Å². The van der Waals surface area contributed by atoms with Gasteiger partial charge < -0.3 is 9.47 Å². The van der Waals surface area contributed by atoms with Crippen LogP contribution in [0.2, 0.25) is 0 Å². The Hall–Kier alpha value is -3.15. The van der Waals surface area contributed by atoms with E-state index in [0.717, 1.165) is 54.6 Å². The molecule has 2 aromatic rings. The van der Waals surface area contributed by atoms with E-state index in [2.05, 4.69) is 45.0 Å². The van der Waals surface area contributed by atoms with E-state index in [1.807, 2.05) is 29.2 Å². The molecular weight excluding hydrogens is 452 g/mol. The molecule has 1 heterocycles. The van der Waals surface area contributed by atoms with Crippen molar-refractivity contribution in [3.05, 3.63) is 54.1 Å². The molecular formula is C30H40N2O4. The van der Waals surface area contributed by atoms with Crippen LogP contribution in [0.5, 0.6) is 5.75 Å². The first-order valence-corrected chi connectivity index (χ1v) is 13.3. The summed E-state index contributed by atoms with van der Waals surface area (Å²) in [5.41, 5.74) is 2.57. The number of amides is 1. The lowest BCUT2D eigenvalue weighted by molar-refractivity contribution is -0.148. The smallest absolute Gasteiger partial charge is 0.312 e. The summed E-state index contributed by atoms with van der Waals surface area (Å²) in [6.07, 6.45) is 4.39. The summed E-state index contributed by atoms with van der Waals surface area (Å²) < 4.78 is 10.9. The highest BCUT2D eigenvalue weighted by atomic mass is 16.5. The van der Waals surface area contributed by atoms with E-state index in [1.54, 1.807) is 13.8 Å². The number of benzene rings is 2. The highest BCUT2D eigenvalue weighted by molar-refractivity contribution is 6.08. The lowest BCUT2D eigenvalue weighted by atomic mass is 9.93. The van der Waals surface area contributed by atoms with Crippen molar-refractivity contribution in [2.24, 2.45) is 10.9 Å². The number of unbranched alkanes of at least 4 members (excludes halogenated alkanes) is 1. The summed E-state index contributed by atoms with van der Waals surface area (Å²) in [7, 11) is 0. The van der Waals surface area contributed by atoms with Gasteiger partial charge in [0.2, 0.25) is 0 Å². The predicted octanol–water partition coefficient (Wildman–Crippen LogP) is 6.42. The summed E-state index contributed by atoms with van der Waals surface area (Å²) in [4.78, 5) is 32.0. The molecule has 1 atom stereocenters. The number of hydrogen-bond acceptors (Lipinski definition) is 5. The van der Waals surface area contributed by atoms with Crippen LogP contribution in [-0.4, -0.2) is 41.4 Å². The van der Waals surface area contributed by atoms with Gasteiger partial charge in [0, 0.05) is 6.42 Å². The van der Waals surface area contributed by atoms with E-state index in [0.29, 0.717) is 18.9 Å². The zero-order valence-corrected chi connectivity index (χ0v) is 22.4. The van der Waals surface area contributed by atoms with Crippen molar-refractivity contribution >= 4 is 17.7 Å². The Morgan fingerprint density at radius 1 is 1.03 bits per heavy atom. The van der Waals surface area contributed by atoms with E-state index >= 15 is 0 Å². The Balaban J connectivity index is 1.70. The average Bonchev–Trinajstić information content (AvgIpc) is 3.17. The van der Waals surface area contributed by atoms with Crippen LogP contribution < -0.4 is 4.74 Å². The molecule has 1 unspecified atom stereocenters. The van der Waals surface area contributed by atoms with Crippen LogP contribution >= 0.6 is 0 Å². The third-order valence-corrected chi connectivity index (χ3v) is 6.87. The predicted molar refractivity (Wildman–Crippen MR) is 144 cm³/mol. The quantitative estimate of drug-likeness (QED) is 0.303. The summed E-state index contributed by atoms with van der Waals surface area (Å²) in [5.74, 6) is 1.19. The molecule has 0 fully saturated rings. The van der Waals surface area contributed by atoms with E-state index in [4.69, 9.17) is 14.5 Å². The molecule has 0 aliphatic carbocycles. The van der Waals surface area contributed by atoms with Gasteiger partial charge in [-0.15, -0.1) is 0 Å². The molecule has 3 rings (SSSR count). The largest absolute Gasteiger partial charge is 0.493 e. The molecule has 1 amide bonds. The van der Waals surface area contributed by atoms with Gasteiger partial charge in [0.25, 0.3) is 5.91 Å². The average molecular weight is 493 g/mol. The minimum atomic E-state index is -0.603. The molecule has 2 aromatic carbocycles. The first-order chi connectivity index (χ1) is 17.4. The van der Waals surface area contributed by atoms with Gasteiger partial charge in [-0.2, -0.15) is 0 Å². The SMILES string of the molecule is CCCCC1=NC(CC)(CC)C(=O)N1Cc1ccc(-c2cccc(OCC(C)C(=O)OCC)c2)cc1. The molecule has 0 radical (unpaired) electrons. The highest BCUT2D eigenvalue weighted by Crippen LogP contribution is 2.32. The molecule has 6 heteroatoms. The van der Waals surface area contributed by atoms with E-state index in [9.17, 15) is 9.59 Å². The summed E-state index contributed by atoms with van der Waals surface area (Å²) in [6.45, 7) is 11.0. The van der Waals surface area contributed by atoms with Crippen molar-refractivity contribution in [2.75, 3.05) is 13.2 Å². The van der Waals surface area contributed by atoms with Gasteiger partial charge in [0.15, 0.2) is 0 Å². The maximum atomic E-state index is 13.3. The number of aliphatic imine (C=N–C) groups is 1. The van der Waals surface area contributed by atoms with Crippen LogP contribution in [0.1, 0.15) is 72.3 Å². The fraction of sp³-hybridized carbons (Fsp3) is 0.500. The normalized spacial score (nSPS) is 15.5. The van der Waals surface area contributed by atoms with Crippen molar-refractivity contribution in [3.63, 3.8) is 0 Å². The van der Waals surface area contributed by atoms with Crippen molar-refractivity contribution in [1.82, 2.24) is 4.90 Å². The van der Waals surface area contributed by atoms with Gasteiger partial charge in [-0.3, -0.25) is 19.5 Å². The van der Waals surface area contributed by atoms with Gasteiger partial charge in [-0.05, 0) is 61.9 Å².